The Morgan fingerprint density at radius 3 is 2.32 bits per heavy atom. The minimum absolute atomic E-state index is 0.206. The minimum Gasteiger partial charge on any atom is -0.330 e. The summed E-state index contributed by atoms with van der Waals surface area (Å²) in [6, 6.07) is 14.4. The Bertz CT molecular complexity index is 525. The van der Waals surface area contributed by atoms with Crippen LogP contribution in [0, 0.1) is 11.7 Å². The summed E-state index contributed by atoms with van der Waals surface area (Å²) in [5.41, 5.74) is 8.12. The molecule has 0 aliphatic carbocycles. The molecular formula is C16H17ClFN. The molecule has 19 heavy (non-hydrogen) atoms. The van der Waals surface area contributed by atoms with Gasteiger partial charge in [0.2, 0.25) is 0 Å². The Morgan fingerprint density at radius 1 is 1.00 bits per heavy atom. The highest BCUT2D eigenvalue weighted by Crippen LogP contribution is 2.17. The molecule has 2 aromatic carbocycles. The first-order valence-electron chi connectivity index (χ1n) is 6.36. The lowest BCUT2D eigenvalue weighted by molar-refractivity contribution is 0.532. The number of halogens is 2. The van der Waals surface area contributed by atoms with Gasteiger partial charge < -0.3 is 5.73 Å². The molecule has 0 bridgehead atoms. The van der Waals surface area contributed by atoms with Crippen LogP contribution in [-0.2, 0) is 12.8 Å². The molecule has 2 N–H and O–H groups in total. The van der Waals surface area contributed by atoms with Gasteiger partial charge in [0, 0.05) is 5.02 Å². The van der Waals surface area contributed by atoms with Crippen LogP contribution in [0.4, 0.5) is 4.39 Å². The van der Waals surface area contributed by atoms with Crippen LogP contribution >= 0.6 is 11.6 Å². The summed E-state index contributed by atoms with van der Waals surface area (Å²) in [6.45, 7) is 0.601. The number of benzene rings is 2. The van der Waals surface area contributed by atoms with E-state index in [1.165, 1.54) is 17.7 Å². The molecule has 1 unspecified atom stereocenters. The molecule has 0 fully saturated rings. The number of nitrogens with two attached hydrogens (primary N) is 1. The van der Waals surface area contributed by atoms with Crippen LogP contribution < -0.4 is 5.73 Å². The van der Waals surface area contributed by atoms with E-state index in [1.807, 2.05) is 30.3 Å². The predicted molar refractivity (Wildman–Crippen MR) is 77.8 cm³/mol. The molecule has 0 saturated heterocycles. The SMILES string of the molecule is NCC(Cc1ccc(F)cc1)Cc1cccc(Cl)c1. The first kappa shape index (κ1) is 14.0. The summed E-state index contributed by atoms with van der Waals surface area (Å²) in [4.78, 5) is 0. The highest BCUT2D eigenvalue weighted by molar-refractivity contribution is 6.30. The van der Waals surface area contributed by atoms with Gasteiger partial charge in [-0.3, -0.25) is 0 Å². The van der Waals surface area contributed by atoms with Crippen molar-refractivity contribution in [3.05, 3.63) is 70.5 Å². The highest BCUT2D eigenvalue weighted by atomic mass is 35.5. The molecule has 0 spiro atoms. The van der Waals surface area contributed by atoms with E-state index in [9.17, 15) is 4.39 Å². The molecule has 0 aliphatic heterocycles. The third kappa shape index (κ3) is 4.34. The lowest BCUT2D eigenvalue weighted by atomic mass is 9.93. The maximum absolute atomic E-state index is 12.9. The zero-order valence-electron chi connectivity index (χ0n) is 10.7. The van der Waals surface area contributed by atoms with Crippen molar-refractivity contribution in [3.8, 4) is 0 Å². The van der Waals surface area contributed by atoms with Crippen LogP contribution in [0.1, 0.15) is 11.1 Å². The lowest BCUT2D eigenvalue weighted by Gasteiger charge is -2.15. The summed E-state index contributed by atoms with van der Waals surface area (Å²) in [5, 5.41) is 0.745. The third-order valence-corrected chi connectivity index (χ3v) is 3.42. The third-order valence-electron chi connectivity index (χ3n) is 3.18. The monoisotopic (exact) mass is 277 g/mol. The van der Waals surface area contributed by atoms with Crippen molar-refractivity contribution >= 4 is 11.6 Å². The quantitative estimate of drug-likeness (QED) is 0.883. The van der Waals surface area contributed by atoms with Gasteiger partial charge in [0.15, 0.2) is 0 Å². The Balaban J connectivity index is 2.02. The fraction of sp³-hybridized carbons (Fsp3) is 0.250. The van der Waals surface area contributed by atoms with Gasteiger partial charge in [-0.1, -0.05) is 35.9 Å². The summed E-state index contributed by atoms with van der Waals surface area (Å²) in [6.07, 6.45) is 1.73. The topological polar surface area (TPSA) is 26.0 Å². The summed E-state index contributed by atoms with van der Waals surface area (Å²) >= 11 is 5.98. The fourth-order valence-electron chi connectivity index (χ4n) is 2.19. The van der Waals surface area contributed by atoms with Gasteiger partial charge in [-0.05, 0) is 60.7 Å². The number of hydrogen-bond acceptors (Lipinski definition) is 1. The molecule has 3 heteroatoms. The second-order valence-corrected chi connectivity index (χ2v) is 5.20. The lowest BCUT2D eigenvalue weighted by Crippen LogP contribution is -2.19. The molecule has 0 aliphatic rings. The van der Waals surface area contributed by atoms with E-state index >= 15 is 0 Å². The van der Waals surface area contributed by atoms with Gasteiger partial charge in [0.25, 0.3) is 0 Å². The van der Waals surface area contributed by atoms with Crippen molar-refractivity contribution < 1.29 is 4.39 Å². The summed E-state index contributed by atoms with van der Waals surface area (Å²) < 4.78 is 12.9. The van der Waals surface area contributed by atoms with Crippen molar-refractivity contribution in [3.63, 3.8) is 0 Å². The molecule has 0 aromatic heterocycles. The minimum atomic E-state index is -0.206. The molecule has 2 rings (SSSR count). The normalized spacial score (nSPS) is 12.4. The molecule has 100 valence electrons. The van der Waals surface area contributed by atoms with E-state index in [2.05, 4.69) is 6.07 Å². The maximum atomic E-state index is 12.9. The van der Waals surface area contributed by atoms with Crippen molar-refractivity contribution in [1.29, 1.82) is 0 Å². The Hall–Kier alpha value is -1.38. The highest BCUT2D eigenvalue weighted by Gasteiger charge is 2.09. The van der Waals surface area contributed by atoms with Crippen LogP contribution in [0.25, 0.3) is 0 Å². The summed E-state index contributed by atoms with van der Waals surface area (Å²) in [7, 11) is 0. The Morgan fingerprint density at radius 2 is 1.68 bits per heavy atom. The molecular weight excluding hydrogens is 261 g/mol. The molecule has 1 nitrogen and oxygen atoms in total. The Labute approximate surface area is 118 Å². The van der Waals surface area contributed by atoms with E-state index in [1.54, 1.807) is 0 Å². The standard InChI is InChI=1S/C16H17ClFN/c17-15-3-1-2-13(10-15)9-14(11-19)8-12-4-6-16(18)7-5-12/h1-7,10,14H,8-9,11,19H2. The Kier molecular flexibility index (Phi) is 4.94. The van der Waals surface area contributed by atoms with Crippen molar-refractivity contribution in [2.45, 2.75) is 12.8 Å². The van der Waals surface area contributed by atoms with Gasteiger partial charge in [-0.15, -0.1) is 0 Å². The zero-order valence-corrected chi connectivity index (χ0v) is 11.4. The molecule has 0 saturated carbocycles. The van der Waals surface area contributed by atoms with E-state index in [0.717, 1.165) is 23.4 Å². The largest absolute Gasteiger partial charge is 0.330 e. The molecule has 1 atom stereocenters. The van der Waals surface area contributed by atoms with E-state index in [0.29, 0.717) is 12.5 Å². The maximum Gasteiger partial charge on any atom is 0.123 e. The number of rotatable bonds is 5. The van der Waals surface area contributed by atoms with Crippen molar-refractivity contribution in [2.75, 3.05) is 6.54 Å². The average molecular weight is 278 g/mol. The van der Waals surface area contributed by atoms with Gasteiger partial charge >= 0.3 is 0 Å². The molecule has 2 aromatic rings. The molecule has 0 heterocycles. The van der Waals surface area contributed by atoms with Crippen LogP contribution in [0.5, 0.6) is 0 Å². The fourth-order valence-corrected chi connectivity index (χ4v) is 2.40. The van der Waals surface area contributed by atoms with Gasteiger partial charge in [-0.2, -0.15) is 0 Å². The van der Waals surface area contributed by atoms with Crippen LogP contribution in [0.3, 0.4) is 0 Å². The second-order valence-electron chi connectivity index (χ2n) is 4.77. The van der Waals surface area contributed by atoms with E-state index in [4.69, 9.17) is 17.3 Å². The number of hydrogen-bond donors (Lipinski definition) is 1. The molecule has 0 amide bonds. The van der Waals surface area contributed by atoms with Crippen LogP contribution in [0.2, 0.25) is 5.02 Å². The average Bonchev–Trinajstić information content (AvgIpc) is 2.40. The van der Waals surface area contributed by atoms with Crippen molar-refractivity contribution in [2.24, 2.45) is 11.7 Å². The molecule has 0 radical (unpaired) electrons. The van der Waals surface area contributed by atoms with Gasteiger partial charge in [0.1, 0.15) is 5.82 Å². The van der Waals surface area contributed by atoms with Crippen molar-refractivity contribution in [1.82, 2.24) is 0 Å². The first-order chi connectivity index (χ1) is 9.17. The first-order valence-corrected chi connectivity index (χ1v) is 6.74. The zero-order chi connectivity index (χ0) is 13.7. The predicted octanol–water partition coefficient (Wildman–Crippen LogP) is 3.84. The van der Waals surface area contributed by atoms with Gasteiger partial charge in [0.05, 0.1) is 0 Å². The second kappa shape index (κ2) is 6.69. The summed E-state index contributed by atoms with van der Waals surface area (Å²) in [5.74, 6) is 0.131. The van der Waals surface area contributed by atoms with E-state index < -0.39 is 0 Å². The smallest absolute Gasteiger partial charge is 0.123 e. The van der Waals surface area contributed by atoms with Crippen LogP contribution in [-0.4, -0.2) is 6.54 Å². The van der Waals surface area contributed by atoms with Gasteiger partial charge in [-0.25, -0.2) is 4.39 Å². The van der Waals surface area contributed by atoms with Crippen LogP contribution in [0.15, 0.2) is 48.5 Å². The van der Waals surface area contributed by atoms with E-state index in [-0.39, 0.29) is 5.82 Å².